The van der Waals surface area contributed by atoms with Gasteiger partial charge in [0, 0.05) is 6.42 Å². The van der Waals surface area contributed by atoms with Gasteiger partial charge in [-0.3, -0.25) is 0 Å². The lowest BCUT2D eigenvalue weighted by Gasteiger charge is -2.40. The van der Waals surface area contributed by atoms with Crippen LogP contribution >= 0.6 is 0 Å². The Morgan fingerprint density at radius 1 is 1.12 bits per heavy atom. The van der Waals surface area contributed by atoms with Crippen molar-refractivity contribution >= 4 is 0 Å². The van der Waals surface area contributed by atoms with E-state index in [-0.39, 0.29) is 17.9 Å². The summed E-state index contributed by atoms with van der Waals surface area (Å²) in [6, 6.07) is 4.64. The summed E-state index contributed by atoms with van der Waals surface area (Å²) in [6.45, 7) is -0.970. The minimum Gasteiger partial charge on any atom is -0.504 e. The standard InChI is InChI=1S/C16H24O9/c1-23-11-5-8(2-3-10(11)19)4-9(6-17)24-16-15(22)14(21)13(20)12(7-18)25-16/h2-3,5,9,12-22H,4,6-7H2,1H3/t9-,12-,13-,14+,15-,16-/m1/s1. The molecular formula is C16H24O9. The molecular weight excluding hydrogens is 336 g/mol. The highest BCUT2D eigenvalue weighted by Gasteiger charge is 2.44. The van der Waals surface area contributed by atoms with Crippen LogP contribution in [0.15, 0.2) is 18.2 Å². The number of aromatic hydroxyl groups is 1. The van der Waals surface area contributed by atoms with Gasteiger partial charge >= 0.3 is 0 Å². The third-order valence-electron chi connectivity index (χ3n) is 4.09. The van der Waals surface area contributed by atoms with Gasteiger partial charge in [-0.15, -0.1) is 0 Å². The molecule has 0 unspecified atom stereocenters. The van der Waals surface area contributed by atoms with Gasteiger partial charge in [-0.05, 0) is 17.7 Å². The molecule has 0 bridgehead atoms. The molecule has 1 aliphatic heterocycles. The van der Waals surface area contributed by atoms with Crippen LogP contribution in [-0.4, -0.2) is 87.8 Å². The number of benzene rings is 1. The third kappa shape index (κ3) is 4.59. The van der Waals surface area contributed by atoms with Crippen LogP contribution in [0.1, 0.15) is 5.56 Å². The topological polar surface area (TPSA) is 149 Å². The van der Waals surface area contributed by atoms with Crippen LogP contribution in [0, 0.1) is 0 Å². The molecule has 1 aliphatic rings. The van der Waals surface area contributed by atoms with E-state index in [1.54, 1.807) is 12.1 Å². The van der Waals surface area contributed by atoms with Gasteiger partial charge in [0.2, 0.25) is 0 Å². The molecule has 0 spiro atoms. The second-order valence-electron chi connectivity index (χ2n) is 5.85. The average molecular weight is 360 g/mol. The predicted molar refractivity (Wildman–Crippen MR) is 84.1 cm³/mol. The molecule has 1 aromatic rings. The van der Waals surface area contributed by atoms with Crippen molar-refractivity contribution in [2.75, 3.05) is 20.3 Å². The molecule has 2 rings (SSSR count). The van der Waals surface area contributed by atoms with Crippen molar-refractivity contribution in [2.24, 2.45) is 0 Å². The van der Waals surface area contributed by atoms with Gasteiger partial charge in [-0.25, -0.2) is 0 Å². The molecule has 1 saturated heterocycles. The molecule has 0 radical (unpaired) electrons. The van der Waals surface area contributed by atoms with Crippen LogP contribution in [0.5, 0.6) is 11.5 Å². The predicted octanol–water partition coefficient (Wildman–Crippen LogP) is -1.88. The van der Waals surface area contributed by atoms with Crippen molar-refractivity contribution in [2.45, 2.75) is 43.2 Å². The first-order chi connectivity index (χ1) is 11.9. The van der Waals surface area contributed by atoms with E-state index < -0.39 is 50.0 Å². The Morgan fingerprint density at radius 3 is 2.44 bits per heavy atom. The number of hydrogen-bond acceptors (Lipinski definition) is 9. The molecule has 1 fully saturated rings. The zero-order chi connectivity index (χ0) is 18.6. The van der Waals surface area contributed by atoms with Gasteiger partial charge in [-0.2, -0.15) is 0 Å². The molecule has 1 heterocycles. The van der Waals surface area contributed by atoms with Gasteiger partial charge in [-0.1, -0.05) is 6.07 Å². The lowest BCUT2D eigenvalue weighted by molar-refractivity contribution is -0.313. The van der Waals surface area contributed by atoms with Crippen molar-refractivity contribution < 1.29 is 44.8 Å². The van der Waals surface area contributed by atoms with Crippen LogP contribution in [0.4, 0.5) is 0 Å². The average Bonchev–Trinajstić information content (AvgIpc) is 2.62. The second-order valence-corrected chi connectivity index (χ2v) is 5.85. The van der Waals surface area contributed by atoms with Crippen LogP contribution < -0.4 is 4.74 Å². The smallest absolute Gasteiger partial charge is 0.187 e. The largest absolute Gasteiger partial charge is 0.504 e. The normalized spacial score (nSPS) is 30.9. The molecule has 9 heteroatoms. The third-order valence-corrected chi connectivity index (χ3v) is 4.09. The Kier molecular flexibility index (Phi) is 6.96. The number of aliphatic hydroxyl groups is 5. The molecule has 0 aromatic heterocycles. The quantitative estimate of drug-likeness (QED) is 0.328. The maximum absolute atomic E-state index is 9.97. The minimum absolute atomic E-state index is 0.0262. The maximum Gasteiger partial charge on any atom is 0.187 e. The van der Waals surface area contributed by atoms with Gasteiger partial charge in [0.15, 0.2) is 17.8 Å². The molecule has 0 amide bonds. The number of phenolic OH excluding ortho intramolecular Hbond substituents is 1. The molecule has 142 valence electrons. The molecule has 6 atom stereocenters. The van der Waals surface area contributed by atoms with E-state index in [2.05, 4.69) is 0 Å². The SMILES string of the molecule is COc1cc(C[C@H](CO)O[C@@H]2O[C@H](CO)[C@@H](O)[C@H](O)[C@H]2O)ccc1O. The number of rotatable bonds is 7. The second kappa shape index (κ2) is 8.77. The van der Waals surface area contributed by atoms with Crippen molar-refractivity contribution in [3.05, 3.63) is 23.8 Å². The molecule has 0 saturated carbocycles. The highest BCUT2D eigenvalue weighted by molar-refractivity contribution is 5.41. The Bertz CT molecular complexity index is 550. The Morgan fingerprint density at radius 2 is 1.84 bits per heavy atom. The summed E-state index contributed by atoms with van der Waals surface area (Å²) in [5, 5.41) is 57.8. The Labute approximate surface area is 144 Å². The minimum atomic E-state index is -1.55. The van der Waals surface area contributed by atoms with Crippen molar-refractivity contribution in [1.29, 1.82) is 0 Å². The molecule has 6 N–H and O–H groups in total. The summed E-state index contributed by atoms with van der Waals surface area (Å²) in [4.78, 5) is 0. The summed E-state index contributed by atoms with van der Waals surface area (Å²) >= 11 is 0. The van der Waals surface area contributed by atoms with E-state index in [9.17, 15) is 30.6 Å². The van der Waals surface area contributed by atoms with E-state index in [1.165, 1.54) is 13.2 Å². The maximum atomic E-state index is 9.97. The van der Waals surface area contributed by atoms with Crippen molar-refractivity contribution in [3.63, 3.8) is 0 Å². The van der Waals surface area contributed by atoms with Gasteiger partial charge in [0.1, 0.15) is 24.4 Å². The number of hydrogen-bond donors (Lipinski definition) is 6. The van der Waals surface area contributed by atoms with E-state index >= 15 is 0 Å². The van der Waals surface area contributed by atoms with Crippen molar-refractivity contribution in [1.82, 2.24) is 0 Å². The van der Waals surface area contributed by atoms with Crippen LogP contribution in [0.25, 0.3) is 0 Å². The lowest BCUT2D eigenvalue weighted by atomic mass is 9.99. The first-order valence-corrected chi connectivity index (χ1v) is 7.84. The number of phenols is 1. The first kappa shape index (κ1) is 19.9. The molecule has 1 aromatic carbocycles. The number of ether oxygens (including phenoxy) is 3. The summed E-state index contributed by atoms with van der Waals surface area (Å²) in [7, 11) is 1.41. The molecule has 9 nitrogen and oxygen atoms in total. The van der Waals surface area contributed by atoms with Crippen LogP contribution in [-0.2, 0) is 15.9 Å². The number of aliphatic hydroxyl groups excluding tert-OH is 5. The Hall–Kier alpha value is -1.46. The zero-order valence-corrected chi connectivity index (χ0v) is 13.7. The fourth-order valence-corrected chi connectivity index (χ4v) is 2.64. The lowest BCUT2D eigenvalue weighted by Crippen LogP contribution is -2.59. The summed E-state index contributed by atoms with van der Waals surface area (Å²) in [5.41, 5.74) is 0.693. The fourth-order valence-electron chi connectivity index (χ4n) is 2.64. The monoisotopic (exact) mass is 360 g/mol. The van der Waals surface area contributed by atoms with E-state index in [1.807, 2.05) is 0 Å². The highest BCUT2D eigenvalue weighted by Crippen LogP contribution is 2.28. The zero-order valence-electron chi connectivity index (χ0n) is 13.7. The van der Waals surface area contributed by atoms with E-state index in [0.717, 1.165) is 0 Å². The van der Waals surface area contributed by atoms with Crippen LogP contribution in [0.3, 0.4) is 0 Å². The fraction of sp³-hybridized carbons (Fsp3) is 0.625. The Balaban J connectivity index is 2.05. The van der Waals surface area contributed by atoms with Gasteiger partial charge < -0.3 is 44.8 Å². The molecule has 25 heavy (non-hydrogen) atoms. The summed E-state index contributed by atoms with van der Waals surface area (Å²) in [5.74, 6) is 0.240. The van der Waals surface area contributed by atoms with E-state index in [4.69, 9.17) is 14.2 Å². The summed E-state index contributed by atoms with van der Waals surface area (Å²) < 4.78 is 15.8. The van der Waals surface area contributed by atoms with Crippen molar-refractivity contribution in [3.8, 4) is 11.5 Å². The van der Waals surface area contributed by atoms with Gasteiger partial charge in [0.05, 0.1) is 26.4 Å². The summed E-state index contributed by atoms with van der Waals surface area (Å²) in [6.07, 6.45) is -7.57. The van der Waals surface area contributed by atoms with Crippen LogP contribution in [0.2, 0.25) is 0 Å². The van der Waals surface area contributed by atoms with Gasteiger partial charge in [0.25, 0.3) is 0 Å². The number of methoxy groups -OCH3 is 1. The first-order valence-electron chi connectivity index (χ1n) is 7.84. The highest BCUT2D eigenvalue weighted by atomic mass is 16.7. The molecule has 0 aliphatic carbocycles. The van der Waals surface area contributed by atoms with E-state index in [0.29, 0.717) is 5.56 Å².